The predicted molar refractivity (Wildman–Crippen MR) is 173 cm³/mol. The molecule has 18 heteroatoms. The Morgan fingerprint density at radius 2 is 1.94 bits per heavy atom. The van der Waals surface area contributed by atoms with Crippen LogP contribution >= 0.6 is 11.6 Å². The van der Waals surface area contributed by atoms with Gasteiger partial charge in [0.2, 0.25) is 0 Å². The van der Waals surface area contributed by atoms with Crippen LogP contribution in [0.25, 0.3) is 0 Å². The highest BCUT2D eigenvalue weighted by molar-refractivity contribution is 6.34. The number of ether oxygens (including phenoxy) is 2. The summed E-state index contributed by atoms with van der Waals surface area (Å²) in [5.74, 6) is -1.24. The molecule has 2 N–H and O–H groups in total. The van der Waals surface area contributed by atoms with Gasteiger partial charge in [-0.15, -0.1) is 0 Å². The average Bonchev–Trinajstić information content (AvgIpc) is 3.68. The number of alkyl halides is 3. The fraction of sp³-hybridized carbons (Fsp3) is 0.515. The summed E-state index contributed by atoms with van der Waals surface area (Å²) in [5, 5.41) is 4.64. The number of carbonyl (C=O) groups excluding carboxylic acids is 1. The Balaban J connectivity index is 1.27. The van der Waals surface area contributed by atoms with Crippen LogP contribution in [0.4, 0.5) is 37.8 Å². The third-order valence-corrected chi connectivity index (χ3v) is 10.5. The highest BCUT2D eigenvalue weighted by atomic mass is 35.5. The zero-order valence-corrected chi connectivity index (χ0v) is 28.6. The minimum Gasteiger partial charge on any atom is -0.461 e. The standard InChI is InChI=1S/C33H35ClF6N8O3/c1-45(2)30(49)27-25(34)22-14-46(8-4-10-48(22)44-27)29-18-15-50-23(24-19(33(38,39)40)5-6-20(41)26(24)35)11-21(18)42-31(43-29)51-16-32-7-3-9-47(32)13-17(12-32)28(36)37/h5-6,23H,3-4,7-16,41H2,1-2H3/t23-,32-/m0/s1. The first-order valence-electron chi connectivity index (χ1n) is 16.5. The van der Waals surface area contributed by atoms with Crippen LogP contribution in [0.1, 0.15) is 70.4 Å². The van der Waals surface area contributed by atoms with Crippen molar-refractivity contribution in [2.75, 3.05) is 51.0 Å². The molecule has 274 valence electrons. The molecule has 51 heavy (non-hydrogen) atoms. The molecule has 2 fully saturated rings. The summed E-state index contributed by atoms with van der Waals surface area (Å²) in [5.41, 5.74) is 4.06. The summed E-state index contributed by atoms with van der Waals surface area (Å²) < 4.78 is 98.7. The molecule has 1 amide bonds. The van der Waals surface area contributed by atoms with Gasteiger partial charge in [-0.25, -0.2) is 4.39 Å². The predicted octanol–water partition coefficient (Wildman–Crippen LogP) is 5.76. The molecule has 2 saturated heterocycles. The highest BCUT2D eigenvalue weighted by Gasteiger charge is 2.48. The van der Waals surface area contributed by atoms with E-state index >= 15 is 4.39 Å². The number of carbonyl (C=O) groups is 1. The number of amides is 1. The number of benzene rings is 1. The molecule has 0 bridgehead atoms. The molecule has 0 saturated carbocycles. The number of hydrogen-bond acceptors (Lipinski definition) is 9. The molecule has 1 aromatic carbocycles. The number of rotatable bonds is 6. The van der Waals surface area contributed by atoms with Crippen LogP contribution < -0.4 is 15.4 Å². The highest BCUT2D eigenvalue weighted by Crippen LogP contribution is 2.45. The van der Waals surface area contributed by atoms with E-state index in [9.17, 15) is 26.7 Å². The van der Waals surface area contributed by atoms with E-state index in [-0.39, 0.29) is 73.0 Å². The van der Waals surface area contributed by atoms with Gasteiger partial charge in [0, 0.05) is 56.9 Å². The number of fused-ring (bicyclic) bond motifs is 3. The van der Waals surface area contributed by atoms with E-state index in [0.717, 1.165) is 18.6 Å². The van der Waals surface area contributed by atoms with Gasteiger partial charge in [0.15, 0.2) is 11.5 Å². The van der Waals surface area contributed by atoms with Gasteiger partial charge >= 0.3 is 12.2 Å². The minimum atomic E-state index is -4.89. The van der Waals surface area contributed by atoms with Gasteiger partial charge in [-0.2, -0.15) is 37.0 Å². The van der Waals surface area contributed by atoms with E-state index in [1.807, 2.05) is 9.80 Å². The minimum absolute atomic E-state index is 0.00138. The van der Waals surface area contributed by atoms with Crippen LogP contribution in [0.3, 0.4) is 0 Å². The SMILES string of the molecule is CN(C)C(=O)c1nn2c(c1Cl)CN(c1nc(OC[C@@]34CCCN3CC(=C(F)F)C4)nc3c1CO[C@H](c1c(C(F)(F)F)ccc(N)c1F)C3)CCC2. The number of nitrogen functional groups attached to an aromatic ring is 1. The Morgan fingerprint density at radius 3 is 2.67 bits per heavy atom. The smallest absolute Gasteiger partial charge is 0.416 e. The lowest BCUT2D eigenvalue weighted by atomic mass is 9.93. The van der Waals surface area contributed by atoms with Crippen molar-refractivity contribution in [1.29, 1.82) is 0 Å². The van der Waals surface area contributed by atoms with Crippen molar-refractivity contribution in [3.05, 3.63) is 68.4 Å². The number of aryl methyl sites for hydroxylation is 1. The molecule has 0 aliphatic carbocycles. The molecule has 6 heterocycles. The van der Waals surface area contributed by atoms with E-state index in [0.29, 0.717) is 49.6 Å². The number of aromatic nitrogens is 4. The second-order valence-electron chi connectivity index (χ2n) is 13.6. The first kappa shape index (κ1) is 35.3. The molecule has 0 unspecified atom stereocenters. The average molecular weight is 741 g/mol. The summed E-state index contributed by atoms with van der Waals surface area (Å²) in [7, 11) is 3.18. The molecule has 2 atom stereocenters. The molecule has 11 nitrogen and oxygen atoms in total. The number of halogens is 7. The summed E-state index contributed by atoms with van der Waals surface area (Å²) in [6, 6.07) is 1.48. The maximum atomic E-state index is 15.4. The summed E-state index contributed by atoms with van der Waals surface area (Å²) in [6.07, 6.45) is -6.15. The molecule has 4 aliphatic rings. The van der Waals surface area contributed by atoms with Crippen molar-refractivity contribution >= 4 is 29.0 Å². The van der Waals surface area contributed by atoms with E-state index in [2.05, 4.69) is 10.1 Å². The summed E-state index contributed by atoms with van der Waals surface area (Å²) in [6.45, 7) is 1.53. The first-order chi connectivity index (χ1) is 24.2. The summed E-state index contributed by atoms with van der Waals surface area (Å²) >= 11 is 6.72. The topological polar surface area (TPSA) is 115 Å². The van der Waals surface area contributed by atoms with Crippen LogP contribution in [-0.2, 0) is 37.0 Å². The van der Waals surface area contributed by atoms with Crippen molar-refractivity contribution in [1.82, 2.24) is 29.5 Å². The summed E-state index contributed by atoms with van der Waals surface area (Å²) in [4.78, 5) is 27.4. The lowest BCUT2D eigenvalue weighted by Crippen LogP contribution is -2.43. The fourth-order valence-electron chi connectivity index (χ4n) is 7.59. The number of nitrogens with zero attached hydrogens (tertiary/aromatic N) is 7. The van der Waals surface area contributed by atoms with E-state index < -0.39 is 46.5 Å². The molecule has 7 rings (SSSR count). The van der Waals surface area contributed by atoms with Crippen LogP contribution in [0.2, 0.25) is 5.02 Å². The molecule has 4 aliphatic heterocycles. The Hall–Kier alpha value is -4.09. The van der Waals surface area contributed by atoms with E-state index in [1.165, 1.54) is 4.90 Å². The Kier molecular flexibility index (Phi) is 9.11. The fourth-order valence-corrected chi connectivity index (χ4v) is 7.87. The monoisotopic (exact) mass is 740 g/mol. The van der Waals surface area contributed by atoms with Gasteiger partial charge in [0.05, 0.1) is 52.5 Å². The van der Waals surface area contributed by atoms with Gasteiger partial charge in [0.1, 0.15) is 12.4 Å². The van der Waals surface area contributed by atoms with Gasteiger partial charge in [-0.3, -0.25) is 14.4 Å². The molecule has 0 radical (unpaired) electrons. The second kappa shape index (κ2) is 13.2. The number of nitrogens with two attached hydrogens (primary N) is 1. The first-order valence-corrected chi connectivity index (χ1v) is 16.8. The Labute approximate surface area is 293 Å². The number of anilines is 2. The third kappa shape index (κ3) is 6.37. The van der Waals surface area contributed by atoms with Crippen molar-refractivity contribution < 1.29 is 40.6 Å². The van der Waals surface area contributed by atoms with Gasteiger partial charge in [0.25, 0.3) is 12.0 Å². The second-order valence-corrected chi connectivity index (χ2v) is 14.0. The van der Waals surface area contributed by atoms with Gasteiger partial charge in [-0.1, -0.05) is 11.6 Å². The van der Waals surface area contributed by atoms with Crippen LogP contribution in [0, 0.1) is 5.82 Å². The number of hydrogen-bond donors (Lipinski definition) is 1. The normalized spacial score (nSPS) is 22.0. The maximum absolute atomic E-state index is 15.4. The van der Waals surface area contributed by atoms with Crippen LogP contribution in [0.5, 0.6) is 6.01 Å². The largest absolute Gasteiger partial charge is 0.461 e. The molecular formula is C33H35ClF6N8O3. The zero-order valence-electron chi connectivity index (χ0n) is 27.8. The Morgan fingerprint density at radius 1 is 1.16 bits per heavy atom. The van der Waals surface area contributed by atoms with Crippen molar-refractivity contribution in [2.24, 2.45) is 0 Å². The van der Waals surface area contributed by atoms with E-state index in [1.54, 1.807) is 18.8 Å². The zero-order chi connectivity index (χ0) is 36.4. The molecule has 3 aromatic rings. The molecule has 0 spiro atoms. The lowest BCUT2D eigenvalue weighted by molar-refractivity contribution is -0.140. The van der Waals surface area contributed by atoms with Crippen molar-refractivity contribution in [3.63, 3.8) is 0 Å². The van der Waals surface area contributed by atoms with Gasteiger partial charge in [-0.05, 0) is 44.4 Å². The van der Waals surface area contributed by atoms with Crippen LogP contribution in [0.15, 0.2) is 23.8 Å². The quantitative estimate of drug-likeness (QED) is 0.249. The molecule has 2 aromatic heterocycles. The van der Waals surface area contributed by atoms with Crippen molar-refractivity contribution in [2.45, 2.75) is 69.6 Å². The maximum Gasteiger partial charge on any atom is 0.416 e. The van der Waals surface area contributed by atoms with E-state index in [4.69, 9.17) is 31.8 Å². The Bertz CT molecular complexity index is 1920. The lowest BCUT2D eigenvalue weighted by Gasteiger charge is -2.33. The van der Waals surface area contributed by atoms with Crippen molar-refractivity contribution in [3.8, 4) is 6.01 Å². The third-order valence-electron chi connectivity index (χ3n) is 10.1. The van der Waals surface area contributed by atoms with Crippen LogP contribution in [-0.4, -0.2) is 81.3 Å². The molecular weight excluding hydrogens is 706 g/mol. The van der Waals surface area contributed by atoms with Gasteiger partial charge < -0.3 is 25.0 Å².